The number of nitrogens with one attached hydrogen (secondary N) is 3. The number of sulfonamides is 1. The highest BCUT2D eigenvalue weighted by atomic mass is 32.2. The molecule has 1 aromatic heterocycles. The summed E-state index contributed by atoms with van der Waals surface area (Å²) < 4.78 is 25.8. The van der Waals surface area contributed by atoms with E-state index in [-0.39, 0.29) is 16.6 Å². The van der Waals surface area contributed by atoms with Crippen molar-refractivity contribution in [3.8, 4) is 11.4 Å². The maximum atomic E-state index is 11.8. The van der Waals surface area contributed by atoms with Gasteiger partial charge in [0.1, 0.15) is 0 Å². The number of benzene rings is 1. The van der Waals surface area contributed by atoms with Crippen LogP contribution >= 0.6 is 0 Å². The minimum Gasteiger partial charge on any atom is -0.326 e. The van der Waals surface area contributed by atoms with E-state index < -0.39 is 10.0 Å². The SMILES string of the molecule is CNS(=O)(=O)c1ccc(NC(C)=O)c(-c2nn[nH]n2)c1. The number of hydrogen-bond acceptors (Lipinski definition) is 6. The molecule has 0 saturated carbocycles. The lowest BCUT2D eigenvalue weighted by Crippen LogP contribution is -2.19. The highest BCUT2D eigenvalue weighted by Crippen LogP contribution is 2.27. The van der Waals surface area contributed by atoms with Crippen molar-refractivity contribution in [2.45, 2.75) is 11.8 Å². The topological polar surface area (TPSA) is 130 Å². The Balaban J connectivity index is 2.59. The summed E-state index contributed by atoms with van der Waals surface area (Å²) in [7, 11) is -2.30. The molecule has 0 unspecified atom stereocenters. The average molecular weight is 296 g/mol. The number of H-pyrrole nitrogens is 1. The predicted molar refractivity (Wildman–Crippen MR) is 70.2 cm³/mol. The quantitative estimate of drug-likeness (QED) is 0.712. The van der Waals surface area contributed by atoms with Crippen molar-refractivity contribution in [3.05, 3.63) is 18.2 Å². The van der Waals surface area contributed by atoms with Gasteiger partial charge in [-0.1, -0.05) is 0 Å². The smallest absolute Gasteiger partial charge is 0.240 e. The molecule has 0 fully saturated rings. The second-order valence-electron chi connectivity index (χ2n) is 3.83. The van der Waals surface area contributed by atoms with Crippen molar-refractivity contribution in [3.63, 3.8) is 0 Å². The van der Waals surface area contributed by atoms with Crippen LogP contribution in [0.2, 0.25) is 0 Å². The van der Waals surface area contributed by atoms with Crippen molar-refractivity contribution >= 4 is 21.6 Å². The van der Waals surface area contributed by atoms with E-state index in [9.17, 15) is 13.2 Å². The summed E-state index contributed by atoms with van der Waals surface area (Å²) in [5, 5.41) is 15.9. The molecule has 2 aromatic rings. The van der Waals surface area contributed by atoms with Crippen LogP contribution in [0.3, 0.4) is 0 Å². The molecule has 1 heterocycles. The van der Waals surface area contributed by atoms with Crippen LogP contribution in [-0.4, -0.2) is 42.0 Å². The van der Waals surface area contributed by atoms with Gasteiger partial charge in [-0.15, -0.1) is 10.2 Å². The lowest BCUT2D eigenvalue weighted by atomic mass is 10.1. The Labute approximate surface area is 114 Å². The fraction of sp³-hybridized carbons (Fsp3) is 0.200. The second kappa shape index (κ2) is 5.35. The lowest BCUT2D eigenvalue weighted by Gasteiger charge is -2.09. The monoisotopic (exact) mass is 296 g/mol. The molecular formula is C10H12N6O3S. The number of hydrogen-bond donors (Lipinski definition) is 3. The molecule has 0 aliphatic carbocycles. The van der Waals surface area contributed by atoms with Gasteiger partial charge in [-0.3, -0.25) is 4.79 Å². The molecule has 0 bridgehead atoms. The lowest BCUT2D eigenvalue weighted by molar-refractivity contribution is -0.114. The first kappa shape index (κ1) is 14.1. The molecule has 9 nitrogen and oxygen atoms in total. The predicted octanol–water partition coefficient (Wildman–Crippen LogP) is -0.267. The molecule has 1 aromatic carbocycles. The molecule has 10 heteroatoms. The molecule has 0 radical (unpaired) electrons. The number of rotatable bonds is 4. The van der Waals surface area contributed by atoms with Crippen LogP contribution in [0, 0.1) is 0 Å². The van der Waals surface area contributed by atoms with E-state index in [2.05, 4.69) is 30.7 Å². The minimum atomic E-state index is -3.61. The summed E-state index contributed by atoms with van der Waals surface area (Å²) in [6, 6.07) is 4.21. The molecule has 0 spiro atoms. The number of tetrazole rings is 1. The summed E-state index contributed by atoms with van der Waals surface area (Å²) >= 11 is 0. The van der Waals surface area contributed by atoms with Crippen LogP contribution < -0.4 is 10.0 Å². The Morgan fingerprint density at radius 2 is 2.10 bits per heavy atom. The molecule has 2 rings (SSSR count). The summed E-state index contributed by atoms with van der Waals surface area (Å²) in [6.45, 7) is 1.35. The number of nitrogens with zero attached hydrogens (tertiary/aromatic N) is 3. The van der Waals surface area contributed by atoms with Gasteiger partial charge in [0.2, 0.25) is 21.8 Å². The third-order valence-electron chi connectivity index (χ3n) is 2.47. The van der Waals surface area contributed by atoms with Crippen LogP contribution in [0.15, 0.2) is 23.1 Å². The summed E-state index contributed by atoms with van der Waals surface area (Å²) in [6.07, 6.45) is 0. The van der Waals surface area contributed by atoms with Gasteiger partial charge in [0, 0.05) is 12.5 Å². The standard InChI is InChI=1S/C10H12N6O3S/c1-6(17)12-9-4-3-7(20(18,19)11-2)5-8(9)10-13-15-16-14-10/h3-5,11H,1-2H3,(H,12,17)(H,13,14,15,16). The number of anilines is 1. The van der Waals surface area contributed by atoms with Gasteiger partial charge < -0.3 is 5.32 Å². The summed E-state index contributed by atoms with van der Waals surface area (Å²) in [5.74, 6) is -0.110. The van der Waals surface area contributed by atoms with Crippen LogP contribution in [0.5, 0.6) is 0 Å². The van der Waals surface area contributed by atoms with Crippen LogP contribution in [-0.2, 0) is 14.8 Å². The van der Waals surface area contributed by atoms with Gasteiger partial charge in [-0.25, -0.2) is 13.1 Å². The minimum absolute atomic E-state index is 0.0360. The largest absolute Gasteiger partial charge is 0.326 e. The first-order chi connectivity index (χ1) is 9.44. The van der Waals surface area contributed by atoms with Gasteiger partial charge in [-0.05, 0) is 30.5 Å². The Bertz CT molecular complexity index is 725. The number of carbonyl (C=O) groups excluding carboxylic acids is 1. The van der Waals surface area contributed by atoms with Crippen molar-refractivity contribution in [2.24, 2.45) is 0 Å². The number of aromatic amines is 1. The van der Waals surface area contributed by atoms with Gasteiger partial charge in [0.15, 0.2) is 0 Å². The van der Waals surface area contributed by atoms with E-state index in [1.54, 1.807) is 0 Å². The highest BCUT2D eigenvalue weighted by molar-refractivity contribution is 7.89. The highest BCUT2D eigenvalue weighted by Gasteiger charge is 2.17. The van der Waals surface area contributed by atoms with E-state index in [0.29, 0.717) is 11.3 Å². The Morgan fingerprint density at radius 3 is 2.65 bits per heavy atom. The zero-order chi connectivity index (χ0) is 14.8. The van der Waals surface area contributed by atoms with E-state index in [0.717, 1.165) is 0 Å². The zero-order valence-corrected chi connectivity index (χ0v) is 11.5. The maximum absolute atomic E-state index is 11.8. The van der Waals surface area contributed by atoms with Crippen LogP contribution in [0.4, 0.5) is 5.69 Å². The molecule has 20 heavy (non-hydrogen) atoms. The average Bonchev–Trinajstić information content (AvgIpc) is 2.92. The Morgan fingerprint density at radius 1 is 1.35 bits per heavy atom. The molecule has 0 atom stereocenters. The van der Waals surface area contributed by atoms with Crippen molar-refractivity contribution in [1.29, 1.82) is 0 Å². The molecule has 3 N–H and O–H groups in total. The third kappa shape index (κ3) is 2.81. The van der Waals surface area contributed by atoms with Gasteiger partial charge in [0.05, 0.1) is 10.6 Å². The molecular weight excluding hydrogens is 284 g/mol. The fourth-order valence-corrected chi connectivity index (χ4v) is 2.32. The van der Waals surface area contributed by atoms with Gasteiger partial charge in [-0.2, -0.15) is 5.21 Å². The second-order valence-corrected chi connectivity index (χ2v) is 5.72. The van der Waals surface area contributed by atoms with Crippen molar-refractivity contribution in [1.82, 2.24) is 25.3 Å². The van der Waals surface area contributed by atoms with Gasteiger partial charge in [0.25, 0.3) is 0 Å². The normalized spacial score (nSPS) is 11.3. The Hall–Kier alpha value is -2.33. The van der Waals surface area contributed by atoms with Crippen LogP contribution in [0.25, 0.3) is 11.4 Å². The van der Waals surface area contributed by atoms with E-state index >= 15 is 0 Å². The van der Waals surface area contributed by atoms with Gasteiger partial charge >= 0.3 is 0 Å². The summed E-state index contributed by atoms with van der Waals surface area (Å²) in [4.78, 5) is 11.2. The fourth-order valence-electron chi connectivity index (χ4n) is 1.57. The Kier molecular flexibility index (Phi) is 3.77. The number of amides is 1. The zero-order valence-electron chi connectivity index (χ0n) is 10.7. The molecule has 0 saturated heterocycles. The first-order valence-electron chi connectivity index (χ1n) is 5.53. The van der Waals surface area contributed by atoms with E-state index in [4.69, 9.17) is 0 Å². The number of carbonyl (C=O) groups is 1. The molecule has 0 aliphatic rings. The van der Waals surface area contributed by atoms with Crippen molar-refractivity contribution in [2.75, 3.05) is 12.4 Å². The molecule has 1 amide bonds. The van der Waals surface area contributed by atoms with E-state index in [1.165, 1.54) is 32.2 Å². The molecule has 106 valence electrons. The van der Waals surface area contributed by atoms with Crippen LogP contribution in [0.1, 0.15) is 6.92 Å². The first-order valence-corrected chi connectivity index (χ1v) is 7.01. The molecule has 0 aliphatic heterocycles. The maximum Gasteiger partial charge on any atom is 0.240 e. The number of aromatic nitrogens is 4. The summed E-state index contributed by atoms with van der Waals surface area (Å²) in [5.41, 5.74) is 0.749. The van der Waals surface area contributed by atoms with E-state index in [1.807, 2.05) is 0 Å². The van der Waals surface area contributed by atoms with Crippen molar-refractivity contribution < 1.29 is 13.2 Å². The third-order valence-corrected chi connectivity index (χ3v) is 3.88.